The van der Waals surface area contributed by atoms with Crippen LogP contribution in [0.3, 0.4) is 0 Å². The van der Waals surface area contributed by atoms with Gasteiger partial charge in [0.15, 0.2) is 5.69 Å². The Morgan fingerprint density at radius 3 is 2.46 bits per heavy atom. The van der Waals surface area contributed by atoms with Crippen LogP contribution in [0.2, 0.25) is 0 Å². The van der Waals surface area contributed by atoms with Gasteiger partial charge in [0.1, 0.15) is 11.5 Å². The number of carbonyl (C=O) groups excluding carboxylic acids is 2. The summed E-state index contributed by atoms with van der Waals surface area (Å²) in [5.41, 5.74) is -0.0483. The standard InChI is InChI=1S/C27H29F5N6O3/c1-13-21(38-41-37-13)24(40)35-19(12-25(6-7-25)27(30,31)32)23-33-17-5-4-16(9-18(17)34-23)22(15-2-3-15)36-20(39)8-14-10-26(28,29)11-14/h4-5,9,14-15,19,22H,2-3,6-8,10-12H2,1H3,(H,33,34)(H,35,40)(H,36,39)/t19-,22?/m0/s1. The first-order valence-electron chi connectivity index (χ1n) is 13.7. The number of alkyl halides is 5. The Morgan fingerprint density at radius 2 is 1.88 bits per heavy atom. The molecule has 9 nitrogen and oxygen atoms in total. The van der Waals surface area contributed by atoms with E-state index in [-0.39, 0.29) is 73.1 Å². The van der Waals surface area contributed by atoms with E-state index < -0.39 is 35.9 Å². The van der Waals surface area contributed by atoms with Gasteiger partial charge in [-0.2, -0.15) is 13.2 Å². The molecule has 3 fully saturated rings. The van der Waals surface area contributed by atoms with Gasteiger partial charge in [-0.05, 0) is 73.7 Å². The highest BCUT2D eigenvalue weighted by Crippen LogP contribution is 2.61. The zero-order chi connectivity index (χ0) is 29.2. The monoisotopic (exact) mass is 580 g/mol. The number of aryl methyl sites for hydroxylation is 1. The Balaban J connectivity index is 1.23. The fourth-order valence-electron chi connectivity index (χ4n) is 5.76. The third kappa shape index (κ3) is 5.65. The molecule has 3 aliphatic rings. The molecule has 2 atom stereocenters. The van der Waals surface area contributed by atoms with Crippen LogP contribution in [0, 0.1) is 24.2 Å². The molecule has 1 aromatic carbocycles. The molecule has 0 radical (unpaired) electrons. The number of hydrogen-bond donors (Lipinski definition) is 3. The Kier molecular flexibility index (Phi) is 6.57. The Bertz CT molecular complexity index is 1470. The minimum Gasteiger partial charge on any atom is -0.349 e. The minimum absolute atomic E-state index is 0.0398. The number of nitrogens with one attached hydrogen (secondary N) is 3. The van der Waals surface area contributed by atoms with Crippen LogP contribution in [0.15, 0.2) is 22.8 Å². The lowest BCUT2D eigenvalue weighted by atomic mass is 9.79. The van der Waals surface area contributed by atoms with Crippen LogP contribution in [0.4, 0.5) is 22.0 Å². The molecule has 6 rings (SSSR count). The van der Waals surface area contributed by atoms with Crippen LogP contribution in [0.1, 0.15) is 91.0 Å². The molecular formula is C27H29F5N6O3. The number of rotatable bonds is 10. The fraction of sp³-hybridized carbons (Fsp3) is 0.593. The number of H-pyrrole nitrogens is 1. The third-order valence-corrected chi connectivity index (χ3v) is 8.49. The summed E-state index contributed by atoms with van der Waals surface area (Å²) in [5.74, 6) is -3.67. The van der Waals surface area contributed by atoms with Gasteiger partial charge in [-0.15, -0.1) is 0 Å². The molecule has 0 aliphatic heterocycles. The number of benzene rings is 1. The fourth-order valence-corrected chi connectivity index (χ4v) is 5.76. The first-order valence-corrected chi connectivity index (χ1v) is 13.7. The smallest absolute Gasteiger partial charge is 0.349 e. The Hall–Kier alpha value is -3.58. The quantitative estimate of drug-likeness (QED) is 0.274. The maximum atomic E-state index is 13.9. The van der Waals surface area contributed by atoms with Crippen LogP contribution < -0.4 is 10.6 Å². The van der Waals surface area contributed by atoms with E-state index in [1.165, 1.54) is 6.92 Å². The number of aromatic amines is 1. The van der Waals surface area contributed by atoms with Gasteiger partial charge in [0.2, 0.25) is 11.8 Å². The van der Waals surface area contributed by atoms with Gasteiger partial charge in [0, 0.05) is 19.3 Å². The summed E-state index contributed by atoms with van der Waals surface area (Å²) < 4.78 is 72.6. The summed E-state index contributed by atoms with van der Waals surface area (Å²) >= 11 is 0. The predicted octanol–water partition coefficient (Wildman–Crippen LogP) is 5.46. The zero-order valence-corrected chi connectivity index (χ0v) is 22.2. The molecule has 1 unspecified atom stereocenters. The zero-order valence-electron chi connectivity index (χ0n) is 22.2. The molecule has 2 amide bonds. The van der Waals surface area contributed by atoms with Crippen LogP contribution in [0.5, 0.6) is 0 Å². The van der Waals surface area contributed by atoms with Crippen molar-refractivity contribution in [2.24, 2.45) is 17.3 Å². The molecule has 220 valence electrons. The largest absolute Gasteiger partial charge is 0.394 e. The highest BCUT2D eigenvalue weighted by atomic mass is 19.4. The minimum atomic E-state index is -4.44. The van der Waals surface area contributed by atoms with Gasteiger partial charge in [0.05, 0.1) is 28.5 Å². The normalized spacial score (nSPS) is 21.2. The van der Waals surface area contributed by atoms with E-state index >= 15 is 0 Å². The van der Waals surface area contributed by atoms with Gasteiger partial charge in [-0.25, -0.2) is 18.4 Å². The summed E-state index contributed by atoms with van der Waals surface area (Å²) in [6.07, 6.45) is -3.64. The number of amides is 2. The lowest BCUT2D eigenvalue weighted by Crippen LogP contribution is -2.39. The van der Waals surface area contributed by atoms with E-state index in [9.17, 15) is 31.5 Å². The third-order valence-electron chi connectivity index (χ3n) is 8.49. The molecule has 2 heterocycles. The summed E-state index contributed by atoms with van der Waals surface area (Å²) in [7, 11) is 0. The summed E-state index contributed by atoms with van der Waals surface area (Å²) in [6, 6.07) is 3.87. The van der Waals surface area contributed by atoms with Crippen molar-refractivity contribution < 1.29 is 36.2 Å². The van der Waals surface area contributed by atoms with E-state index in [0.717, 1.165) is 18.4 Å². The van der Waals surface area contributed by atoms with Gasteiger partial charge in [-0.1, -0.05) is 11.2 Å². The van der Waals surface area contributed by atoms with Crippen molar-refractivity contribution in [1.82, 2.24) is 30.9 Å². The van der Waals surface area contributed by atoms with Crippen molar-refractivity contribution in [2.45, 2.75) is 82.5 Å². The van der Waals surface area contributed by atoms with Crippen molar-refractivity contribution in [2.75, 3.05) is 0 Å². The van der Waals surface area contributed by atoms with Gasteiger partial charge >= 0.3 is 6.18 Å². The molecule has 14 heteroatoms. The highest BCUT2D eigenvalue weighted by molar-refractivity contribution is 5.93. The van der Waals surface area contributed by atoms with Gasteiger partial charge in [0.25, 0.3) is 5.91 Å². The van der Waals surface area contributed by atoms with E-state index in [4.69, 9.17) is 0 Å². The van der Waals surface area contributed by atoms with E-state index in [0.29, 0.717) is 11.0 Å². The molecule has 41 heavy (non-hydrogen) atoms. The topological polar surface area (TPSA) is 126 Å². The number of imidazole rings is 1. The number of hydrogen-bond acceptors (Lipinski definition) is 6. The molecule has 0 bridgehead atoms. The van der Waals surface area contributed by atoms with Crippen molar-refractivity contribution in [3.8, 4) is 0 Å². The number of nitrogens with zero attached hydrogens (tertiary/aromatic N) is 3. The van der Waals surface area contributed by atoms with Crippen molar-refractivity contribution in [3.05, 3.63) is 41.0 Å². The molecule has 2 aromatic heterocycles. The average molecular weight is 581 g/mol. The molecule has 0 saturated heterocycles. The maximum Gasteiger partial charge on any atom is 0.394 e. The predicted molar refractivity (Wildman–Crippen MR) is 134 cm³/mol. The first-order chi connectivity index (χ1) is 19.3. The van der Waals surface area contributed by atoms with Crippen LogP contribution in [-0.2, 0) is 4.79 Å². The van der Waals surface area contributed by atoms with Crippen molar-refractivity contribution in [3.63, 3.8) is 0 Å². The molecule has 3 aliphatic carbocycles. The lowest BCUT2D eigenvalue weighted by Gasteiger charge is -2.34. The SMILES string of the molecule is Cc1nonc1C(=O)N[C@@H](CC1(C(F)(F)F)CC1)c1nc2ccc(C(NC(=O)CC3CC(F)(F)C3)C3CC3)cc2[nH]1. The summed E-state index contributed by atoms with van der Waals surface area (Å²) in [6.45, 7) is 1.50. The second kappa shape index (κ2) is 9.76. The molecule has 3 aromatic rings. The number of fused-ring (bicyclic) bond motifs is 1. The second-order valence-electron chi connectivity index (χ2n) is 11.8. The summed E-state index contributed by atoms with van der Waals surface area (Å²) in [5, 5.41) is 12.7. The Morgan fingerprint density at radius 1 is 1.15 bits per heavy atom. The van der Waals surface area contributed by atoms with Crippen molar-refractivity contribution in [1.29, 1.82) is 0 Å². The van der Waals surface area contributed by atoms with Gasteiger partial charge in [-0.3, -0.25) is 9.59 Å². The van der Waals surface area contributed by atoms with E-state index in [1.54, 1.807) is 18.2 Å². The number of carbonyl (C=O) groups is 2. The van der Waals surface area contributed by atoms with Crippen LogP contribution in [-0.4, -0.2) is 44.2 Å². The second-order valence-corrected chi connectivity index (χ2v) is 11.8. The lowest BCUT2D eigenvalue weighted by molar-refractivity contribution is -0.190. The Labute approximate surface area is 231 Å². The molecule has 3 saturated carbocycles. The van der Waals surface area contributed by atoms with Gasteiger partial charge < -0.3 is 15.6 Å². The highest BCUT2D eigenvalue weighted by Gasteiger charge is 2.63. The molecule has 3 N–H and O–H groups in total. The molecular weight excluding hydrogens is 551 g/mol. The first kappa shape index (κ1) is 27.6. The van der Waals surface area contributed by atoms with Crippen molar-refractivity contribution >= 4 is 22.8 Å². The van der Waals surface area contributed by atoms with E-state index in [1.807, 2.05) is 0 Å². The van der Waals surface area contributed by atoms with Crippen LogP contribution in [0.25, 0.3) is 11.0 Å². The summed E-state index contributed by atoms with van der Waals surface area (Å²) in [4.78, 5) is 33.1. The average Bonchev–Trinajstić information content (AvgIpc) is 3.78. The van der Waals surface area contributed by atoms with E-state index in [2.05, 4.69) is 35.5 Å². The van der Waals surface area contributed by atoms with Crippen LogP contribution >= 0.6 is 0 Å². The maximum absolute atomic E-state index is 13.9. The molecule has 0 spiro atoms. The number of halogens is 5. The number of aromatic nitrogens is 4.